The Morgan fingerprint density at radius 1 is 1.42 bits per heavy atom. The van der Waals surface area contributed by atoms with Crippen molar-refractivity contribution in [3.8, 4) is 0 Å². The molecule has 2 rings (SSSR count). The summed E-state index contributed by atoms with van der Waals surface area (Å²) in [5.41, 5.74) is 6.30. The zero-order valence-electron chi connectivity index (χ0n) is 11.1. The predicted molar refractivity (Wildman–Crippen MR) is 74.0 cm³/mol. The maximum Gasteiger partial charge on any atom is 0.265 e. The molecule has 0 aromatic carbocycles. The van der Waals surface area contributed by atoms with Crippen molar-refractivity contribution in [1.29, 1.82) is 0 Å². The van der Waals surface area contributed by atoms with E-state index in [1.165, 1.54) is 18.3 Å². The summed E-state index contributed by atoms with van der Waals surface area (Å²) in [6.45, 7) is 4.62. The Morgan fingerprint density at radius 3 is 2.53 bits per heavy atom. The molecular weight excluding hydrogens is 264 g/mol. The number of hydrogen-bond acceptors (Lipinski definition) is 5. The Balaban J connectivity index is 1.96. The highest BCUT2D eigenvalue weighted by Gasteiger charge is 2.26. The van der Waals surface area contributed by atoms with Crippen LogP contribution < -0.4 is 11.1 Å². The van der Waals surface area contributed by atoms with Crippen LogP contribution in [0, 0.1) is 6.92 Å². The summed E-state index contributed by atoms with van der Waals surface area (Å²) in [4.78, 5) is 29.8. The molecule has 0 bridgehead atoms. The third-order valence-corrected chi connectivity index (χ3v) is 4.17. The number of thiazole rings is 1. The van der Waals surface area contributed by atoms with E-state index in [0.717, 1.165) is 12.8 Å². The number of aromatic nitrogens is 1. The molecule has 0 atom stereocenters. The molecule has 1 aliphatic rings. The number of carbonyl (C=O) groups is 2. The van der Waals surface area contributed by atoms with Crippen molar-refractivity contribution in [3.05, 3.63) is 10.6 Å². The second kappa shape index (κ2) is 5.56. The number of nitrogens with one attached hydrogen (secondary N) is 1. The molecule has 2 amide bonds. The number of nitrogens with zero attached hydrogens (tertiary/aromatic N) is 2. The maximum absolute atomic E-state index is 12.3. The SMILES string of the molecule is CC(=O)NC1CCN(C(=O)c2sc(N)nc2C)CC1. The Bertz CT molecular complexity index is 492. The molecule has 104 valence electrons. The van der Waals surface area contributed by atoms with Crippen LogP contribution in [-0.4, -0.2) is 40.8 Å². The molecule has 0 aliphatic carbocycles. The Morgan fingerprint density at radius 2 is 2.05 bits per heavy atom. The van der Waals surface area contributed by atoms with Crippen LogP contribution in [0.3, 0.4) is 0 Å². The lowest BCUT2D eigenvalue weighted by Crippen LogP contribution is -2.46. The van der Waals surface area contributed by atoms with Crippen molar-refractivity contribution >= 4 is 28.3 Å². The number of amides is 2. The average Bonchev–Trinajstić information content (AvgIpc) is 2.68. The zero-order valence-corrected chi connectivity index (χ0v) is 11.9. The van der Waals surface area contributed by atoms with Crippen molar-refractivity contribution in [2.24, 2.45) is 0 Å². The first-order chi connectivity index (χ1) is 8.97. The Labute approximate surface area is 116 Å². The van der Waals surface area contributed by atoms with E-state index in [9.17, 15) is 9.59 Å². The molecule has 0 saturated carbocycles. The van der Waals surface area contributed by atoms with E-state index >= 15 is 0 Å². The summed E-state index contributed by atoms with van der Waals surface area (Å²) in [7, 11) is 0. The lowest BCUT2D eigenvalue weighted by atomic mass is 10.0. The summed E-state index contributed by atoms with van der Waals surface area (Å²) in [5.74, 6) is -0.0242. The van der Waals surface area contributed by atoms with Crippen molar-refractivity contribution in [3.63, 3.8) is 0 Å². The summed E-state index contributed by atoms with van der Waals surface area (Å²) in [6.07, 6.45) is 1.58. The van der Waals surface area contributed by atoms with Crippen molar-refractivity contribution < 1.29 is 9.59 Å². The Kier molecular flexibility index (Phi) is 4.04. The zero-order chi connectivity index (χ0) is 14.0. The van der Waals surface area contributed by atoms with Crippen molar-refractivity contribution in [1.82, 2.24) is 15.2 Å². The fourth-order valence-corrected chi connectivity index (χ4v) is 3.08. The quantitative estimate of drug-likeness (QED) is 0.838. The van der Waals surface area contributed by atoms with Crippen LogP contribution in [0.2, 0.25) is 0 Å². The van der Waals surface area contributed by atoms with E-state index in [1.54, 1.807) is 11.8 Å². The van der Waals surface area contributed by atoms with Gasteiger partial charge < -0.3 is 16.0 Å². The molecule has 3 N–H and O–H groups in total. The topological polar surface area (TPSA) is 88.3 Å². The molecule has 1 saturated heterocycles. The second-order valence-electron chi connectivity index (χ2n) is 4.73. The van der Waals surface area contributed by atoms with E-state index in [-0.39, 0.29) is 17.9 Å². The lowest BCUT2D eigenvalue weighted by molar-refractivity contribution is -0.119. The molecule has 1 fully saturated rings. The predicted octanol–water partition coefficient (Wildman–Crippen LogP) is 0.774. The normalized spacial score (nSPS) is 16.4. The largest absolute Gasteiger partial charge is 0.375 e. The van der Waals surface area contributed by atoms with Crippen LogP contribution in [0.25, 0.3) is 0 Å². The number of carbonyl (C=O) groups excluding carboxylic acids is 2. The van der Waals surface area contributed by atoms with Crippen LogP contribution in [-0.2, 0) is 4.79 Å². The van der Waals surface area contributed by atoms with Gasteiger partial charge in [0.1, 0.15) is 4.88 Å². The fourth-order valence-electron chi connectivity index (χ4n) is 2.27. The van der Waals surface area contributed by atoms with Gasteiger partial charge in [-0.05, 0) is 19.8 Å². The number of rotatable bonds is 2. The summed E-state index contributed by atoms with van der Waals surface area (Å²) in [5, 5.41) is 3.31. The average molecular weight is 282 g/mol. The van der Waals surface area contributed by atoms with Crippen LogP contribution >= 0.6 is 11.3 Å². The van der Waals surface area contributed by atoms with Gasteiger partial charge in [0.15, 0.2) is 5.13 Å². The van der Waals surface area contributed by atoms with Crippen LogP contribution in [0.5, 0.6) is 0 Å². The minimum atomic E-state index is -0.0177. The van der Waals surface area contributed by atoms with E-state index in [4.69, 9.17) is 5.73 Å². The van der Waals surface area contributed by atoms with Gasteiger partial charge >= 0.3 is 0 Å². The number of aryl methyl sites for hydroxylation is 1. The van der Waals surface area contributed by atoms with E-state index in [0.29, 0.717) is 28.8 Å². The molecule has 0 radical (unpaired) electrons. The van der Waals surface area contributed by atoms with Crippen LogP contribution in [0.1, 0.15) is 35.1 Å². The number of anilines is 1. The highest BCUT2D eigenvalue weighted by atomic mass is 32.1. The molecule has 7 heteroatoms. The summed E-state index contributed by atoms with van der Waals surface area (Å²) >= 11 is 1.23. The molecule has 6 nitrogen and oxygen atoms in total. The molecule has 2 heterocycles. The number of nitrogens with two attached hydrogens (primary N) is 1. The molecular formula is C12H18N4O2S. The van der Waals surface area contributed by atoms with E-state index in [1.807, 2.05) is 0 Å². The molecule has 19 heavy (non-hydrogen) atoms. The van der Waals surface area contributed by atoms with Crippen LogP contribution in [0.15, 0.2) is 0 Å². The standard InChI is InChI=1S/C12H18N4O2S/c1-7-10(19-12(13)14-7)11(18)16-5-3-9(4-6-16)15-8(2)17/h9H,3-6H2,1-2H3,(H2,13,14)(H,15,17). The second-order valence-corrected chi connectivity index (χ2v) is 5.76. The lowest BCUT2D eigenvalue weighted by Gasteiger charge is -2.32. The minimum Gasteiger partial charge on any atom is -0.375 e. The first-order valence-corrected chi connectivity index (χ1v) is 7.08. The number of nitrogen functional groups attached to an aromatic ring is 1. The molecule has 1 aromatic heterocycles. The smallest absolute Gasteiger partial charge is 0.265 e. The number of piperidine rings is 1. The highest BCUT2D eigenvalue weighted by molar-refractivity contribution is 7.17. The Hall–Kier alpha value is -1.63. The van der Waals surface area contributed by atoms with E-state index in [2.05, 4.69) is 10.3 Å². The minimum absolute atomic E-state index is 0.00650. The fraction of sp³-hybridized carbons (Fsp3) is 0.583. The molecule has 0 unspecified atom stereocenters. The number of hydrogen-bond donors (Lipinski definition) is 2. The van der Waals surface area contributed by atoms with Gasteiger partial charge in [-0.25, -0.2) is 4.98 Å². The van der Waals surface area contributed by atoms with Gasteiger partial charge in [0.2, 0.25) is 5.91 Å². The maximum atomic E-state index is 12.3. The molecule has 1 aromatic rings. The van der Waals surface area contributed by atoms with Gasteiger partial charge in [-0.1, -0.05) is 11.3 Å². The summed E-state index contributed by atoms with van der Waals surface area (Å²) < 4.78 is 0. The van der Waals surface area contributed by atoms with Gasteiger partial charge in [-0.3, -0.25) is 9.59 Å². The first-order valence-electron chi connectivity index (χ1n) is 6.26. The molecule has 1 aliphatic heterocycles. The summed E-state index contributed by atoms with van der Waals surface area (Å²) in [6, 6.07) is 0.175. The molecule has 0 spiro atoms. The van der Waals surface area contributed by atoms with E-state index < -0.39 is 0 Å². The van der Waals surface area contributed by atoms with Crippen LogP contribution in [0.4, 0.5) is 5.13 Å². The number of likely N-dealkylation sites (tertiary alicyclic amines) is 1. The highest BCUT2D eigenvalue weighted by Crippen LogP contribution is 2.23. The third-order valence-electron chi connectivity index (χ3n) is 3.20. The van der Waals surface area contributed by atoms with Crippen molar-refractivity contribution in [2.75, 3.05) is 18.8 Å². The van der Waals surface area contributed by atoms with Gasteiger partial charge in [0, 0.05) is 26.1 Å². The van der Waals surface area contributed by atoms with Gasteiger partial charge in [0.05, 0.1) is 5.69 Å². The first kappa shape index (κ1) is 13.8. The van der Waals surface area contributed by atoms with Gasteiger partial charge in [-0.2, -0.15) is 0 Å². The van der Waals surface area contributed by atoms with Gasteiger partial charge in [0.25, 0.3) is 5.91 Å². The van der Waals surface area contributed by atoms with Gasteiger partial charge in [-0.15, -0.1) is 0 Å². The monoisotopic (exact) mass is 282 g/mol. The third kappa shape index (κ3) is 3.23. The van der Waals surface area contributed by atoms with Crippen molar-refractivity contribution in [2.45, 2.75) is 32.7 Å².